The van der Waals surface area contributed by atoms with Gasteiger partial charge in [0.25, 0.3) is 5.91 Å². The summed E-state index contributed by atoms with van der Waals surface area (Å²) in [5, 5.41) is 16.3. The van der Waals surface area contributed by atoms with E-state index in [0.29, 0.717) is 17.8 Å². The molecule has 20 heavy (non-hydrogen) atoms. The average molecular weight is 279 g/mol. The van der Waals surface area contributed by atoms with E-state index in [1.54, 1.807) is 12.1 Å². The Bertz CT molecular complexity index is 485. The van der Waals surface area contributed by atoms with Gasteiger partial charge in [0.2, 0.25) is 5.91 Å². The quantitative estimate of drug-likeness (QED) is 0.564. The Morgan fingerprint density at radius 2 is 1.75 bits per heavy atom. The second-order valence-electron chi connectivity index (χ2n) is 3.98. The fourth-order valence-electron chi connectivity index (χ4n) is 1.41. The number of carbonyl (C=O) groups is 3. The SMILES string of the molecule is CCNCC(=O)Nc1ccc(C(=O)NCC(=O)O)cc1. The molecule has 0 unspecified atom stereocenters. The van der Waals surface area contributed by atoms with Gasteiger partial charge in [-0.05, 0) is 30.8 Å². The summed E-state index contributed by atoms with van der Waals surface area (Å²) >= 11 is 0. The number of carboxylic acid groups (broad SMARTS) is 1. The predicted octanol–water partition coefficient (Wildman–Crippen LogP) is 0.0490. The second kappa shape index (κ2) is 7.90. The largest absolute Gasteiger partial charge is 0.480 e. The molecule has 0 saturated carbocycles. The molecule has 1 aromatic carbocycles. The van der Waals surface area contributed by atoms with Crippen molar-refractivity contribution in [2.45, 2.75) is 6.92 Å². The lowest BCUT2D eigenvalue weighted by Gasteiger charge is -2.07. The van der Waals surface area contributed by atoms with Crippen molar-refractivity contribution in [3.05, 3.63) is 29.8 Å². The Labute approximate surface area is 116 Å². The van der Waals surface area contributed by atoms with Gasteiger partial charge in [0.1, 0.15) is 6.54 Å². The molecular formula is C13H17N3O4. The van der Waals surface area contributed by atoms with Crippen LogP contribution >= 0.6 is 0 Å². The maximum absolute atomic E-state index is 11.6. The van der Waals surface area contributed by atoms with Crippen molar-refractivity contribution in [2.24, 2.45) is 0 Å². The van der Waals surface area contributed by atoms with Gasteiger partial charge in [-0.3, -0.25) is 14.4 Å². The van der Waals surface area contributed by atoms with Crippen LogP contribution in [0.2, 0.25) is 0 Å². The van der Waals surface area contributed by atoms with Crippen molar-refractivity contribution >= 4 is 23.5 Å². The molecule has 0 aliphatic carbocycles. The molecule has 0 saturated heterocycles. The van der Waals surface area contributed by atoms with Crippen molar-refractivity contribution in [2.75, 3.05) is 25.0 Å². The van der Waals surface area contributed by atoms with E-state index in [-0.39, 0.29) is 12.5 Å². The van der Waals surface area contributed by atoms with Gasteiger partial charge in [-0.2, -0.15) is 0 Å². The molecular weight excluding hydrogens is 262 g/mol. The van der Waals surface area contributed by atoms with E-state index in [0.717, 1.165) is 0 Å². The number of likely N-dealkylation sites (N-methyl/N-ethyl adjacent to an activating group) is 1. The third-order valence-electron chi connectivity index (χ3n) is 2.37. The number of anilines is 1. The van der Waals surface area contributed by atoms with Crippen LogP contribution in [0.1, 0.15) is 17.3 Å². The number of rotatable bonds is 7. The number of aliphatic carboxylic acids is 1. The van der Waals surface area contributed by atoms with Crippen molar-refractivity contribution in [3.63, 3.8) is 0 Å². The van der Waals surface area contributed by atoms with Crippen LogP contribution in [0, 0.1) is 0 Å². The number of hydrogen-bond acceptors (Lipinski definition) is 4. The van der Waals surface area contributed by atoms with Crippen LogP contribution < -0.4 is 16.0 Å². The number of nitrogens with one attached hydrogen (secondary N) is 3. The minimum atomic E-state index is -1.11. The molecule has 0 spiro atoms. The van der Waals surface area contributed by atoms with E-state index >= 15 is 0 Å². The van der Waals surface area contributed by atoms with Crippen LogP contribution in [-0.2, 0) is 9.59 Å². The first-order valence-corrected chi connectivity index (χ1v) is 6.13. The molecule has 7 heteroatoms. The molecule has 0 radical (unpaired) electrons. The maximum atomic E-state index is 11.6. The van der Waals surface area contributed by atoms with Crippen LogP contribution in [0.25, 0.3) is 0 Å². The monoisotopic (exact) mass is 279 g/mol. The Morgan fingerprint density at radius 3 is 2.30 bits per heavy atom. The Balaban J connectivity index is 2.53. The highest BCUT2D eigenvalue weighted by molar-refractivity contribution is 5.97. The van der Waals surface area contributed by atoms with E-state index in [2.05, 4.69) is 16.0 Å². The van der Waals surface area contributed by atoms with Gasteiger partial charge in [0.05, 0.1) is 6.54 Å². The summed E-state index contributed by atoms with van der Waals surface area (Å²) in [6, 6.07) is 6.19. The molecule has 1 rings (SSSR count). The summed E-state index contributed by atoms with van der Waals surface area (Å²) in [6.07, 6.45) is 0. The minimum absolute atomic E-state index is 0.171. The molecule has 0 fully saturated rings. The lowest BCUT2D eigenvalue weighted by Crippen LogP contribution is -2.29. The molecule has 2 amide bonds. The average Bonchev–Trinajstić information content (AvgIpc) is 2.43. The summed E-state index contributed by atoms with van der Waals surface area (Å²) < 4.78 is 0. The molecule has 7 nitrogen and oxygen atoms in total. The Morgan fingerprint density at radius 1 is 1.10 bits per heavy atom. The van der Waals surface area contributed by atoms with Gasteiger partial charge in [-0.25, -0.2) is 0 Å². The summed E-state index contributed by atoms with van der Waals surface area (Å²) in [5.41, 5.74) is 0.901. The molecule has 0 atom stereocenters. The number of carbonyl (C=O) groups excluding carboxylic acids is 2. The smallest absolute Gasteiger partial charge is 0.322 e. The standard InChI is InChI=1S/C13H17N3O4/c1-2-14-7-11(17)16-10-5-3-9(4-6-10)13(20)15-8-12(18)19/h3-6,14H,2,7-8H2,1H3,(H,15,20)(H,16,17)(H,18,19). The summed E-state index contributed by atoms with van der Waals surface area (Å²) in [4.78, 5) is 33.3. The third kappa shape index (κ3) is 5.49. The van der Waals surface area contributed by atoms with E-state index in [4.69, 9.17) is 5.11 Å². The van der Waals surface area contributed by atoms with Crippen molar-refractivity contribution < 1.29 is 19.5 Å². The van der Waals surface area contributed by atoms with Crippen LogP contribution in [-0.4, -0.2) is 42.5 Å². The van der Waals surface area contributed by atoms with Gasteiger partial charge in [-0.15, -0.1) is 0 Å². The molecule has 108 valence electrons. The fourth-order valence-corrected chi connectivity index (χ4v) is 1.41. The van der Waals surface area contributed by atoms with Crippen molar-refractivity contribution in [3.8, 4) is 0 Å². The third-order valence-corrected chi connectivity index (χ3v) is 2.37. The summed E-state index contributed by atoms with van der Waals surface area (Å²) in [6.45, 7) is 2.39. The topological polar surface area (TPSA) is 108 Å². The molecule has 0 heterocycles. The van der Waals surface area contributed by atoms with Crippen LogP contribution in [0.15, 0.2) is 24.3 Å². The number of benzene rings is 1. The normalized spacial score (nSPS) is 9.85. The number of carboxylic acids is 1. The number of amides is 2. The van der Waals surface area contributed by atoms with Crippen LogP contribution in [0.4, 0.5) is 5.69 Å². The first-order chi connectivity index (χ1) is 9.52. The molecule has 4 N–H and O–H groups in total. The molecule has 0 aliphatic heterocycles. The zero-order valence-corrected chi connectivity index (χ0v) is 11.1. The van der Waals surface area contributed by atoms with Crippen LogP contribution in [0.3, 0.4) is 0 Å². The van der Waals surface area contributed by atoms with Gasteiger partial charge < -0.3 is 21.1 Å². The van der Waals surface area contributed by atoms with Crippen molar-refractivity contribution in [1.29, 1.82) is 0 Å². The second-order valence-corrected chi connectivity index (χ2v) is 3.98. The highest BCUT2D eigenvalue weighted by Crippen LogP contribution is 2.09. The fraction of sp³-hybridized carbons (Fsp3) is 0.308. The highest BCUT2D eigenvalue weighted by atomic mass is 16.4. The molecule has 1 aromatic rings. The Kier molecular flexibility index (Phi) is 6.18. The lowest BCUT2D eigenvalue weighted by molar-refractivity contribution is -0.135. The highest BCUT2D eigenvalue weighted by Gasteiger charge is 2.07. The van der Waals surface area contributed by atoms with E-state index in [1.807, 2.05) is 6.92 Å². The zero-order valence-electron chi connectivity index (χ0n) is 11.1. The Hall–Kier alpha value is -2.41. The van der Waals surface area contributed by atoms with E-state index in [1.165, 1.54) is 12.1 Å². The van der Waals surface area contributed by atoms with Gasteiger partial charge >= 0.3 is 5.97 Å². The van der Waals surface area contributed by atoms with E-state index < -0.39 is 18.4 Å². The summed E-state index contributed by atoms with van der Waals surface area (Å²) in [5.74, 6) is -1.75. The van der Waals surface area contributed by atoms with Crippen LogP contribution in [0.5, 0.6) is 0 Å². The molecule has 0 bridgehead atoms. The molecule has 0 aromatic heterocycles. The van der Waals surface area contributed by atoms with E-state index in [9.17, 15) is 14.4 Å². The van der Waals surface area contributed by atoms with Gasteiger partial charge in [0.15, 0.2) is 0 Å². The van der Waals surface area contributed by atoms with Gasteiger partial charge in [-0.1, -0.05) is 6.92 Å². The number of hydrogen-bond donors (Lipinski definition) is 4. The lowest BCUT2D eigenvalue weighted by atomic mass is 10.2. The first kappa shape index (κ1) is 15.6. The van der Waals surface area contributed by atoms with Crippen molar-refractivity contribution in [1.82, 2.24) is 10.6 Å². The molecule has 0 aliphatic rings. The zero-order chi connectivity index (χ0) is 15.0. The van der Waals surface area contributed by atoms with Gasteiger partial charge in [0, 0.05) is 11.3 Å². The summed E-state index contributed by atoms with van der Waals surface area (Å²) in [7, 11) is 0. The predicted molar refractivity (Wildman–Crippen MR) is 73.6 cm³/mol. The first-order valence-electron chi connectivity index (χ1n) is 6.13. The maximum Gasteiger partial charge on any atom is 0.322 e. The minimum Gasteiger partial charge on any atom is -0.480 e.